The van der Waals surface area contributed by atoms with E-state index in [9.17, 15) is 26.4 Å². The molecule has 0 fully saturated rings. The van der Waals surface area contributed by atoms with Gasteiger partial charge in [0.2, 0.25) is 10.0 Å². The summed E-state index contributed by atoms with van der Waals surface area (Å²) < 4.78 is 77.9. The number of halogens is 3. The van der Waals surface area contributed by atoms with Gasteiger partial charge >= 0.3 is 11.8 Å². The maximum atomic E-state index is 13.4. The maximum Gasteiger partial charge on any atom is 0.417 e. The molecule has 1 N–H and O–H groups in total. The molecule has 0 spiro atoms. The highest BCUT2D eigenvalue weighted by Crippen LogP contribution is 2.34. The van der Waals surface area contributed by atoms with Gasteiger partial charge in [0.1, 0.15) is 17.9 Å². The molecule has 0 saturated carbocycles. The van der Waals surface area contributed by atoms with E-state index in [0.717, 1.165) is 0 Å². The van der Waals surface area contributed by atoms with Crippen molar-refractivity contribution in [3.05, 3.63) is 106 Å². The number of alkyl halides is 3. The Hall–Kier alpha value is -3.63. The summed E-state index contributed by atoms with van der Waals surface area (Å²) in [5, 5.41) is -0.212. The zero-order valence-corrected chi connectivity index (χ0v) is 19.0. The number of benzene rings is 3. The van der Waals surface area contributed by atoms with Crippen LogP contribution in [0.15, 0.2) is 93.0 Å². The van der Waals surface area contributed by atoms with Gasteiger partial charge in [0.15, 0.2) is 0 Å². The van der Waals surface area contributed by atoms with Crippen molar-refractivity contribution in [3.63, 3.8) is 0 Å². The van der Waals surface area contributed by atoms with Crippen LogP contribution in [0, 0.1) is 0 Å². The normalized spacial score (nSPS) is 12.1. The van der Waals surface area contributed by atoms with Crippen molar-refractivity contribution in [1.82, 2.24) is 4.72 Å². The molecule has 0 radical (unpaired) electrons. The van der Waals surface area contributed by atoms with E-state index in [4.69, 9.17) is 9.15 Å². The molecule has 182 valence electrons. The van der Waals surface area contributed by atoms with Gasteiger partial charge in [0.05, 0.1) is 10.5 Å². The smallest absolute Gasteiger partial charge is 0.417 e. The van der Waals surface area contributed by atoms with Gasteiger partial charge in [-0.2, -0.15) is 13.2 Å². The fourth-order valence-electron chi connectivity index (χ4n) is 3.52. The SMILES string of the molecule is O=c1cc(C(F)(F)F)c2cc(Cc3ccc(S(=O)(=O)NCCOc4ccccc4)cc3)ccc2o1. The zero-order valence-electron chi connectivity index (χ0n) is 18.2. The number of fused-ring (bicyclic) bond motifs is 1. The van der Waals surface area contributed by atoms with E-state index < -0.39 is 27.4 Å². The minimum Gasteiger partial charge on any atom is -0.492 e. The molecule has 0 atom stereocenters. The summed E-state index contributed by atoms with van der Waals surface area (Å²) in [5.41, 5.74) is -1.05. The zero-order chi connectivity index (χ0) is 25.1. The van der Waals surface area contributed by atoms with Crippen molar-refractivity contribution in [3.8, 4) is 5.75 Å². The average Bonchev–Trinajstić information content (AvgIpc) is 2.82. The van der Waals surface area contributed by atoms with Crippen LogP contribution < -0.4 is 15.1 Å². The minimum atomic E-state index is -4.71. The predicted molar refractivity (Wildman–Crippen MR) is 124 cm³/mol. The molecule has 1 heterocycles. The van der Waals surface area contributed by atoms with Gasteiger partial charge in [0.25, 0.3) is 0 Å². The van der Waals surface area contributed by atoms with Gasteiger partial charge in [-0.25, -0.2) is 17.9 Å². The number of ether oxygens (including phenoxy) is 1. The fraction of sp³-hybridized carbons (Fsp3) is 0.160. The van der Waals surface area contributed by atoms with E-state index >= 15 is 0 Å². The molecule has 0 unspecified atom stereocenters. The molecular weight excluding hydrogens is 483 g/mol. The lowest BCUT2D eigenvalue weighted by molar-refractivity contribution is -0.136. The molecule has 0 saturated heterocycles. The van der Waals surface area contributed by atoms with Crippen molar-refractivity contribution in [2.75, 3.05) is 13.2 Å². The Kier molecular flexibility index (Phi) is 6.95. The summed E-state index contributed by atoms with van der Waals surface area (Å²) in [7, 11) is -3.76. The van der Waals surface area contributed by atoms with Crippen molar-refractivity contribution >= 4 is 21.0 Å². The summed E-state index contributed by atoms with van der Waals surface area (Å²) in [6.45, 7) is 0.233. The van der Waals surface area contributed by atoms with Gasteiger partial charge in [-0.1, -0.05) is 36.4 Å². The van der Waals surface area contributed by atoms with Crippen LogP contribution in [0.3, 0.4) is 0 Å². The van der Waals surface area contributed by atoms with Gasteiger partial charge in [-0.15, -0.1) is 0 Å². The Bertz CT molecular complexity index is 1480. The number of rotatable bonds is 8. The Morgan fingerprint density at radius 2 is 1.57 bits per heavy atom. The number of para-hydroxylation sites is 1. The first-order chi connectivity index (χ1) is 16.6. The lowest BCUT2D eigenvalue weighted by Gasteiger charge is -2.11. The van der Waals surface area contributed by atoms with Crippen molar-refractivity contribution in [2.24, 2.45) is 0 Å². The van der Waals surface area contributed by atoms with Crippen LogP contribution in [0.25, 0.3) is 11.0 Å². The number of hydrogen-bond acceptors (Lipinski definition) is 5. The molecule has 0 amide bonds. The summed E-state index contributed by atoms with van der Waals surface area (Å²) in [6, 6.07) is 19.7. The Balaban J connectivity index is 1.44. The van der Waals surface area contributed by atoms with E-state index in [0.29, 0.717) is 22.9 Å². The molecule has 4 rings (SSSR count). The Morgan fingerprint density at radius 3 is 2.26 bits per heavy atom. The monoisotopic (exact) mass is 503 g/mol. The Morgan fingerprint density at radius 1 is 0.886 bits per heavy atom. The molecule has 3 aromatic carbocycles. The third-order valence-corrected chi connectivity index (χ3v) is 6.64. The topological polar surface area (TPSA) is 85.6 Å². The molecule has 4 aromatic rings. The highest BCUT2D eigenvalue weighted by atomic mass is 32.2. The summed E-state index contributed by atoms with van der Waals surface area (Å²) >= 11 is 0. The maximum absolute atomic E-state index is 13.4. The fourth-order valence-corrected chi connectivity index (χ4v) is 4.53. The molecule has 0 aliphatic rings. The number of hydrogen-bond donors (Lipinski definition) is 1. The second kappa shape index (κ2) is 9.93. The lowest BCUT2D eigenvalue weighted by atomic mass is 10.0. The van der Waals surface area contributed by atoms with Crippen LogP contribution in [0.4, 0.5) is 13.2 Å². The van der Waals surface area contributed by atoms with Crippen molar-refractivity contribution in [2.45, 2.75) is 17.5 Å². The first kappa shape index (κ1) is 24.5. The van der Waals surface area contributed by atoms with E-state index in [1.54, 1.807) is 30.3 Å². The molecule has 0 aliphatic carbocycles. The molecule has 6 nitrogen and oxygen atoms in total. The van der Waals surface area contributed by atoms with Gasteiger partial charge in [-0.3, -0.25) is 0 Å². The van der Waals surface area contributed by atoms with Gasteiger partial charge in [-0.05, 0) is 53.9 Å². The van der Waals surface area contributed by atoms with E-state index in [1.807, 2.05) is 18.2 Å². The van der Waals surface area contributed by atoms with Crippen LogP contribution in [0.2, 0.25) is 0 Å². The summed E-state index contributed by atoms with van der Waals surface area (Å²) in [5.74, 6) is 0.634. The minimum absolute atomic E-state index is 0.0561. The second-order valence-electron chi connectivity index (χ2n) is 7.69. The predicted octanol–water partition coefficient (Wildman–Crippen LogP) is 4.76. The number of nitrogens with one attached hydrogen (secondary N) is 1. The molecule has 10 heteroatoms. The molecule has 0 bridgehead atoms. The first-order valence-electron chi connectivity index (χ1n) is 10.5. The second-order valence-corrected chi connectivity index (χ2v) is 9.45. The number of sulfonamides is 1. The highest BCUT2D eigenvalue weighted by molar-refractivity contribution is 7.89. The average molecular weight is 503 g/mol. The van der Waals surface area contributed by atoms with Gasteiger partial charge < -0.3 is 9.15 Å². The highest BCUT2D eigenvalue weighted by Gasteiger charge is 2.33. The van der Waals surface area contributed by atoms with Crippen LogP contribution in [-0.2, 0) is 22.6 Å². The van der Waals surface area contributed by atoms with Crippen molar-refractivity contribution < 1.29 is 30.7 Å². The van der Waals surface area contributed by atoms with Crippen LogP contribution in [0.5, 0.6) is 5.75 Å². The molecular formula is C25H20F3NO5S. The molecule has 35 heavy (non-hydrogen) atoms. The third kappa shape index (κ3) is 6.09. The molecule has 0 aliphatic heterocycles. The van der Waals surface area contributed by atoms with Crippen molar-refractivity contribution in [1.29, 1.82) is 0 Å². The first-order valence-corrected chi connectivity index (χ1v) is 12.0. The van der Waals surface area contributed by atoms with E-state index in [2.05, 4.69) is 4.72 Å². The quantitative estimate of drug-likeness (QED) is 0.277. The lowest BCUT2D eigenvalue weighted by Crippen LogP contribution is -2.28. The van der Waals surface area contributed by atoms with Crippen LogP contribution in [-0.4, -0.2) is 21.6 Å². The molecule has 1 aromatic heterocycles. The third-order valence-electron chi connectivity index (χ3n) is 5.16. The largest absolute Gasteiger partial charge is 0.492 e. The Labute approximate surface area is 199 Å². The van der Waals surface area contributed by atoms with Gasteiger partial charge in [0, 0.05) is 18.0 Å². The van der Waals surface area contributed by atoms with E-state index in [1.165, 1.54) is 24.3 Å². The standard InChI is InChI=1S/C25H20F3NO5S/c26-25(27,28)22-16-24(30)34-23-11-8-18(15-21(22)23)14-17-6-9-20(10-7-17)35(31,32)29-12-13-33-19-4-2-1-3-5-19/h1-11,15-16,29H,12-14H2. The summed E-state index contributed by atoms with van der Waals surface area (Å²) in [4.78, 5) is 11.5. The van der Waals surface area contributed by atoms with E-state index in [-0.39, 0.29) is 35.4 Å². The summed E-state index contributed by atoms with van der Waals surface area (Å²) in [6.07, 6.45) is -4.45. The van der Waals surface area contributed by atoms with Crippen LogP contribution in [0.1, 0.15) is 16.7 Å². The van der Waals surface area contributed by atoms with Crippen LogP contribution >= 0.6 is 0 Å².